The minimum absolute atomic E-state index is 0.0287. The molecule has 0 radical (unpaired) electrons. The Kier molecular flexibility index (Phi) is 3.59. The van der Waals surface area contributed by atoms with Gasteiger partial charge in [0.15, 0.2) is 0 Å². The first-order chi connectivity index (χ1) is 10.5. The number of amides is 1. The van der Waals surface area contributed by atoms with Gasteiger partial charge in [-0.3, -0.25) is 4.79 Å². The van der Waals surface area contributed by atoms with Gasteiger partial charge in [0.1, 0.15) is 17.3 Å². The Morgan fingerprint density at radius 1 is 1.14 bits per heavy atom. The fraction of sp³-hybridized carbons (Fsp3) is 0.167. The van der Waals surface area contributed by atoms with Crippen molar-refractivity contribution >= 4 is 16.7 Å². The van der Waals surface area contributed by atoms with E-state index in [1.165, 1.54) is 0 Å². The minimum atomic E-state index is -0.329. The van der Waals surface area contributed by atoms with Gasteiger partial charge in [0, 0.05) is 0 Å². The van der Waals surface area contributed by atoms with Crippen molar-refractivity contribution in [1.29, 1.82) is 0 Å². The van der Waals surface area contributed by atoms with Crippen LogP contribution >= 0.6 is 0 Å². The van der Waals surface area contributed by atoms with Crippen LogP contribution in [0.3, 0.4) is 0 Å². The van der Waals surface area contributed by atoms with Crippen LogP contribution in [-0.4, -0.2) is 11.0 Å². The van der Waals surface area contributed by atoms with E-state index in [9.17, 15) is 9.90 Å². The van der Waals surface area contributed by atoms with Crippen LogP contribution in [0.25, 0.3) is 10.8 Å². The lowest BCUT2D eigenvalue weighted by molar-refractivity contribution is 0.0932. The number of hydrogen-bond donors (Lipinski definition) is 2. The molecule has 22 heavy (non-hydrogen) atoms. The van der Waals surface area contributed by atoms with Crippen molar-refractivity contribution in [3.05, 3.63) is 65.6 Å². The van der Waals surface area contributed by atoms with Gasteiger partial charge in [-0.25, -0.2) is 0 Å². The topological polar surface area (TPSA) is 62.5 Å². The third kappa shape index (κ3) is 2.68. The average Bonchev–Trinajstić information content (AvgIpc) is 2.93. The van der Waals surface area contributed by atoms with Gasteiger partial charge in [-0.1, -0.05) is 24.3 Å². The van der Waals surface area contributed by atoms with E-state index in [1.807, 2.05) is 50.2 Å². The zero-order valence-corrected chi connectivity index (χ0v) is 12.5. The van der Waals surface area contributed by atoms with E-state index >= 15 is 0 Å². The zero-order chi connectivity index (χ0) is 15.7. The number of benzene rings is 2. The zero-order valence-electron chi connectivity index (χ0n) is 12.5. The van der Waals surface area contributed by atoms with Crippen LogP contribution in [-0.2, 0) is 0 Å². The number of phenolic OH excluding ortho intramolecular Hbond substituents is 1. The summed E-state index contributed by atoms with van der Waals surface area (Å²) < 4.78 is 5.51. The van der Waals surface area contributed by atoms with Crippen LogP contribution in [0, 0.1) is 6.92 Å². The number of fused-ring (bicyclic) bond motifs is 1. The van der Waals surface area contributed by atoms with Gasteiger partial charge in [0.2, 0.25) is 0 Å². The Balaban J connectivity index is 1.87. The van der Waals surface area contributed by atoms with Crippen molar-refractivity contribution in [3.8, 4) is 5.75 Å². The molecule has 0 bridgehead atoms. The number of carbonyl (C=O) groups excluding carboxylic acids is 1. The molecule has 0 fully saturated rings. The second-order valence-electron chi connectivity index (χ2n) is 5.36. The number of furan rings is 1. The molecule has 4 nitrogen and oxygen atoms in total. The molecule has 0 saturated heterocycles. The normalized spacial score (nSPS) is 12.3. The molecule has 0 aliphatic carbocycles. The lowest BCUT2D eigenvalue weighted by Gasteiger charge is -2.13. The second kappa shape index (κ2) is 5.56. The van der Waals surface area contributed by atoms with Crippen molar-refractivity contribution in [2.75, 3.05) is 0 Å². The fourth-order valence-corrected chi connectivity index (χ4v) is 2.44. The number of carbonyl (C=O) groups is 1. The fourth-order valence-electron chi connectivity index (χ4n) is 2.44. The predicted molar refractivity (Wildman–Crippen MR) is 84.9 cm³/mol. The molecule has 0 spiro atoms. The maximum Gasteiger partial charge on any atom is 0.255 e. The first-order valence-electron chi connectivity index (χ1n) is 7.13. The van der Waals surface area contributed by atoms with Gasteiger partial charge in [-0.2, -0.15) is 0 Å². The van der Waals surface area contributed by atoms with Crippen LogP contribution in [0.4, 0.5) is 0 Å². The van der Waals surface area contributed by atoms with Gasteiger partial charge >= 0.3 is 0 Å². The number of hydrogen-bond acceptors (Lipinski definition) is 3. The molecule has 4 heteroatoms. The predicted octanol–water partition coefficient (Wildman–Crippen LogP) is 3.94. The standard InChI is InChI=1S/C18H17NO3/c1-11-7-8-17(22-11)12(2)19-18(21)15-9-13-5-3-4-6-14(13)10-16(15)20/h3-10,12,20H,1-2H3,(H,19,21). The molecule has 2 N–H and O–H groups in total. The molecule has 1 aromatic heterocycles. The number of nitrogens with one attached hydrogen (secondary N) is 1. The minimum Gasteiger partial charge on any atom is -0.507 e. The van der Waals surface area contributed by atoms with Crippen molar-refractivity contribution in [1.82, 2.24) is 5.32 Å². The lowest BCUT2D eigenvalue weighted by atomic mass is 10.0. The summed E-state index contributed by atoms with van der Waals surface area (Å²) in [6, 6.07) is 14.3. The van der Waals surface area contributed by atoms with Crippen LogP contribution in [0.1, 0.15) is 34.8 Å². The highest BCUT2D eigenvalue weighted by Crippen LogP contribution is 2.25. The van der Waals surface area contributed by atoms with E-state index in [0.29, 0.717) is 5.76 Å². The molecule has 1 unspecified atom stereocenters. The Morgan fingerprint density at radius 2 is 1.82 bits per heavy atom. The van der Waals surface area contributed by atoms with E-state index in [4.69, 9.17) is 4.42 Å². The van der Waals surface area contributed by atoms with Gasteiger partial charge in [-0.05, 0) is 48.9 Å². The SMILES string of the molecule is Cc1ccc(C(C)NC(=O)c2cc3ccccc3cc2O)o1. The van der Waals surface area contributed by atoms with Crippen LogP contribution in [0.15, 0.2) is 52.9 Å². The van der Waals surface area contributed by atoms with E-state index in [-0.39, 0.29) is 23.3 Å². The highest BCUT2D eigenvalue weighted by Gasteiger charge is 2.17. The van der Waals surface area contributed by atoms with Gasteiger partial charge in [0.05, 0.1) is 11.6 Å². The molecule has 1 atom stereocenters. The third-order valence-electron chi connectivity index (χ3n) is 3.64. The second-order valence-corrected chi connectivity index (χ2v) is 5.36. The molecule has 1 amide bonds. The highest BCUT2D eigenvalue weighted by atomic mass is 16.3. The Hall–Kier alpha value is -2.75. The summed E-state index contributed by atoms with van der Waals surface area (Å²) in [6.45, 7) is 3.70. The molecule has 1 heterocycles. The largest absolute Gasteiger partial charge is 0.507 e. The number of aryl methyl sites for hydroxylation is 1. The molecule has 2 aromatic carbocycles. The number of phenols is 1. The summed E-state index contributed by atoms with van der Waals surface area (Å²) in [6.07, 6.45) is 0. The van der Waals surface area contributed by atoms with Crippen molar-refractivity contribution in [2.45, 2.75) is 19.9 Å². The Labute approximate surface area is 128 Å². The lowest BCUT2D eigenvalue weighted by Crippen LogP contribution is -2.26. The number of aromatic hydroxyl groups is 1. The van der Waals surface area contributed by atoms with E-state index in [0.717, 1.165) is 16.5 Å². The summed E-state index contributed by atoms with van der Waals surface area (Å²) >= 11 is 0. The molecule has 0 aliphatic heterocycles. The quantitative estimate of drug-likeness (QED) is 0.769. The summed E-state index contributed by atoms with van der Waals surface area (Å²) in [5, 5.41) is 14.7. The van der Waals surface area contributed by atoms with Crippen LogP contribution in [0.2, 0.25) is 0 Å². The van der Waals surface area contributed by atoms with Crippen LogP contribution in [0.5, 0.6) is 5.75 Å². The molecule has 3 aromatic rings. The molecule has 0 aliphatic rings. The molecule has 112 valence electrons. The summed E-state index contributed by atoms with van der Waals surface area (Å²) in [5.41, 5.74) is 0.258. The van der Waals surface area contributed by atoms with Crippen molar-refractivity contribution < 1.29 is 14.3 Å². The maximum atomic E-state index is 12.4. The van der Waals surface area contributed by atoms with Crippen molar-refractivity contribution in [2.24, 2.45) is 0 Å². The smallest absolute Gasteiger partial charge is 0.255 e. The van der Waals surface area contributed by atoms with E-state index in [1.54, 1.807) is 12.1 Å². The first-order valence-corrected chi connectivity index (χ1v) is 7.13. The monoisotopic (exact) mass is 295 g/mol. The van der Waals surface area contributed by atoms with Gasteiger partial charge < -0.3 is 14.8 Å². The first kappa shape index (κ1) is 14.2. The molecule has 3 rings (SSSR count). The van der Waals surface area contributed by atoms with Crippen molar-refractivity contribution in [3.63, 3.8) is 0 Å². The molecule has 0 saturated carbocycles. The number of rotatable bonds is 3. The van der Waals surface area contributed by atoms with Crippen LogP contribution < -0.4 is 5.32 Å². The summed E-state index contributed by atoms with van der Waals surface area (Å²) in [4.78, 5) is 12.4. The maximum absolute atomic E-state index is 12.4. The highest BCUT2D eigenvalue weighted by molar-refractivity contribution is 6.01. The average molecular weight is 295 g/mol. The van der Waals surface area contributed by atoms with Gasteiger partial charge in [0.25, 0.3) is 5.91 Å². The summed E-state index contributed by atoms with van der Waals surface area (Å²) in [5.74, 6) is 1.12. The molecular weight excluding hydrogens is 278 g/mol. The Morgan fingerprint density at radius 3 is 2.45 bits per heavy atom. The Bertz CT molecular complexity index is 835. The van der Waals surface area contributed by atoms with Gasteiger partial charge in [-0.15, -0.1) is 0 Å². The molecular formula is C18H17NO3. The third-order valence-corrected chi connectivity index (χ3v) is 3.64. The van der Waals surface area contributed by atoms with E-state index in [2.05, 4.69) is 5.32 Å². The summed E-state index contributed by atoms with van der Waals surface area (Å²) in [7, 11) is 0. The van der Waals surface area contributed by atoms with E-state index < -0.39 is 0 Å².